The van der Waals surface area contributed by atoms with E-state index in [9.17, 15) is 4.39 Å². The van der Waals surface area contributed by atoms with Crippen molar-refractivity contribution < 1.29 is 4.39 Å². The van der Waals surface area contributed by atoms with E-state index in [4.69, 9.17) is 5.73 Å². The highest BCUT2D eigenvalue weighted by molar-refractivity contribution is 5.37. The fourth-order valence-corrected chi connectivity index (χ4v) is 1.68. The number of imidazole rings is 1. The Balaban J connectivity index is 2.46. The van der Waals surface area contributed by atoms with Gasteiger partial charge in [-0.05, 0) is 31.2 Å². The van der Waals surface area contributed by atoms with Crippen LogP contribution in [0.15, 0.2) is 30.7 Å². The highest BCUT2D eigenvalue weighted by Gasteiger charge is 2.08. The maximum atomic E-state index is 13.8. The third-order valence-electron chi connectivity index (χ3n) is 2.48. The van der Waals surface area contributed by atoms with Gasteiger partial charge in [0.1, 0.15) is 5.82 Å². The molecular formula is C12H14FN3. The highest BCUT2D eigenvalue weighted by Crippen LogP contribution is 2.17. The van der Waals surface area contributed by atoms with Crippen molar-refractivity contribution in [2.24, 2.45) is 5.73 Å². The van der Waals surface area contributed by atoms with E-state index in [-0.39, 0.29) is 5.82 Å². The number of benzene rings is 1. The van der Waals surface area contributed by atoms with Crippen LogP contribution in [0.4, 0.5) is 4.39 Å². The summed E-state index contributed by atoms with van der Waals surface area (Å²) in [7, 11) is 0. The maximum absolute atomic E-state index is 13.8. The normalized spacial score (nSPS) is 10.7. The van der Waals surface area contributed by atoms with Crippen molar-refractivity contribution in [2.45, 2.75) is 13.3 Å². The van der Waals surface area contributed by atoms with Crippen molar-refractivity contribution in [1.29, 1.82) is 0 Å². The van der Waals surface area contributed by atoms with E-state index in [1.54, 1.807) is 23.2 Å². The van der Waals surface area contributed by atoms with Gasteiger partial charge in [0.25, 0.3) is 0 Å². The first-order chi connectivity index (χ1) is 7.72. The van der Waals surface area contributed by atoms with Crippen LogP contribution in [0.5, 0.6) is 0 Å². The van der Waals surface area contributed by atoms with Gasteiger partial charge in [-0.1, -0.05) is 6.07 Å². The number of nitrogens with zero attached hydrogens (tertiary/aromatic N) is 2. The van der Waals surface area contributed by atoms with Crippen molar-refractivity contribution in [3.05, 3.63) is 47.8 Å². The molecule has 0 amide bonds. The van der Waals surface area contributed by atoms with E-state index >= 15 is 0 Å². The second kappa shape index (κ2) is 4.45. The SMILES string of the molecule is Cc1ccc(-n2cncc2CCN)c(F)c1. The minimum absolute atomic E-state index is 0.240. The van der Waals surface area contributed by atoms with E-state index in [0.717, 1.165) is 11.3 Å². The molecule has 0 atom stereocenters. The molecule has 0 saturated carbocycles. The topological polar surface area (TPSA) is 43.8 Å². The summed E-state index contributed by atoms with van der Waals surface area (Å²) >= 11 is 0. The molecule has 1 aromatic heterocycles. The monoisotopic (exact) mass is 219 g/mol. The molecule has 0 aliphatic carbocycles. The van der Waals surface area contributed by atoms with Gasteiger partial charge in [-0.25, -0.2) is 9.37 Å². The first-order valence-corrected chi connectivity index (χ1v) is 5.20. The molecule has 1 aromatic carbocycles. The molecule has 0 unspecified atom stereocenters. The summed E-state index contributed by atoms with van der Waals surface area (Å²) in [6.07, 6.45) is 4.01. The predicted molar refractivity (Wildman–Crippen MR) is 61.0 cm³/mol. The first-order valence-electron chi connectivity index (χ1n) is 5.20. The van der Waals surface area contributed by atoms with Gasteiger partial charge in [-0.15, -0.1) is 0 Å². The van der Waals surface area contributed by atoms with E-state index in [2.05, 4.69) is 4.98 Å². The van der Waals surface area contributed by atoms with Crippen LogP contribution >= 0.6 is 0 Å². The van der Waals surface area contributed by atoms with Gasteiger partial charge in [0, 0.05) is 18.3 Å². The Hall–Kier alpha value is -1.68. The Morgan fingerprint density at radius 2 is 2.25 bits per heavy atom. The molecule has 0 saturated heterocycles. The van der Waals surface area contributed by atoms with Crippen molar-refractivity contribution in [1.82, 2.24) is 9.55 Å². The number of rotatable bonds is 3. The van der Waals surface area contributed by atoms with Crippen molar-refractivity contribution in [2.75, 3.05) is 6.54 Å². The van der Waals surface area contributed by atoms with Gasteiger partial charge in [0.2, 0.25) is 0 Å². The first kappa shape index (κ1) is 10.8. The molecule has 0 fully saturated rings. The van der Waals surface area contributed by atoms with Crippen molar-refractivity contribution in [3.8, 4) is 5.69 Å². The van der Waals surface area contributed by atoms with Gasteiger partial charge >= 0.3 is 0 Å². The molecule has 0 bridgehead atoms. The molecule has 84 valence electrons. The average Bonchev–Trinajstić information content (AvgIpc) is 2.67. The molecule has 1 heterocycles. The Morgan fingerprint density at radius 3 is 2.94 bits per heavy atom. The third-order valence-corrected chi connectivity index (χ3v) is 2.48. The fourth-order valence-electron chi connectivity index (χ4n) is 1.68. The number of nitrogens with two attached hydrogens (primary N) is 1. The summed E-state index contributed by atoms with van der Waals surface area (Å²) < 4.78 is 15.5. The minimum atomic E-state index is -0.240. The van der Waals surface area contributed by atoms with Gasteiger partial charge in [-0.3, -0.25) is 0 Å². The summed E-state index contributed by atoms with van der Waals surface area (Å²) in [6, 6.07) is 5.15. The second-order valence-electron chi connectivity index (χ2n) is 3.75. The van der Waals surface area contributed by atoms with Crippen LogP contribution in [0.2, 0.25) is 0 Å². The molecule has 2 N–H and O–H groups in total. The van der Waals surface area contributed by atoms with Crippen molar-refractivity contribution in [3.63, 3.8) is 0 Å². The van der Waals surface area contributed by atoms with E-state index in [0.29, 0.717) is 18.7 Å². The van der Waals surface area contributed by atoms with Crippen LogP contribution in [-0.4, -0.2) is 16.1 Å². The predicted octanol–water partition coefficient (Wildman–Crippen LogP) is 1.82. The van der Waals surface area contributed by atoms with Crippen LogP contribution in [0.1, 0.15) is 11.3 Å². The molecule has 16 heavy (non-hydrogen) atoms. The lowest BCUT2D eigenvalue weighted by atomic mass is 10.2. The maximum Gasteiger partial charge on any atom is 0.147 e. The number of aryl methyl sites for hydroxylation is 1. The van der Waals surface area contributed by atoms with Gasteiger partial charge in [0.05, 0.1) is 12.0 Å². The summed E-state index contributed by atoms with van der Waals surface area (Å²) in [4.78, 5) is 4.02. The molecule has 0 spiro atoms. The quantitative estimate of drug-likeness (QED) is 0.855. The molecule has 2 aromatic rings. The molecule has 4 heteroatoms. The Kier molecular flexibility index (Phi) is 3.01. The highest BCUT2D eigenvalue weighted by atomic mass is 19.1. The Morgan fingerprint density at radius 1 is 1.44 bits per heavy atom. The summed E-state index contributed by atoms with van der Waals surface area (Å²) in [6.45, 7) is 2.39. The largest absolute Gasteiger partial charge is 0.330 e. The van der Waals surface area contributed by atoms with E-state index in [1.165, 1.54) is 6.07 Å². The van der Waals surface area contributed by atoms with Gasteiger partial charge in [-0.2, -0.15) is 0 Å². The van der Waals surface area contributed by atoms with Crippen LogP contribution in [0.25, 0.3) is 5.69 Å². The van der Waals surface area contributed by atoms with Gasteiger partial charge in [0.15, 0.2) is 0 Å². The molecule has 0 aliphatic heterocycles. The number of aromatic nitrogens is 2. The molecule has 3 nitrogen and oxygen atoms in total. The third kappa shape index (κ3) is 1.97. The second-order valence-corrected chi connectivity index (χ2v) is 3.75. The summed E-state index contributed by atoms with van der Waals surface area (Å²) in [5, 5.41) is 0. The smallest absolute Gasteiger partial charge is 0.147 e. The zero-order valence-electron chi connectivity index (χ0n) is 9.15. The molecular weight excluding hydrogens is 205 g/mol. The lowest BCUT2D eigenvalue weighted by molar-refractivity contribution is 0.614. The van der Waals surface area contributed by atoms with E-state index < -0.39 is 0 Å². The van der Waals surface area contributed by atoms with Crippen LogP contribution in [-0.2, 0) is 6.42 Å². The van der Waals surface area contributed by atoms with Crippen LogP contribution in [0, 0.1) is 12.7 Å². The Bertz CT molecular complexity index is 491. The van der Waals surface area contributed by atoms with Crippen LogP contribution < -0.4 is 5.73 Å². The van der Waals surface area contributed by atoms with Gasteiger partial charge < -0.3 is 10.3 Å². The zero-order chi connectivity index (χ0) is 11.5. The standard InChI is InChI=1S/C12H14FN3/c1-9-2-3-12(11(13)6-9)16-8-15-7-10(16)4-5-14/h2-3,6-8H,4-5,14H2,1H3. The van der Waals surface area contributed by atoms with Crippen LogP contribution in [0.3, 0.4) is 0 Å². The Labute approximate surface area is 93.7 Å². The van der Waals surface area contributed by atoms with Crippen molar-refractivity contribution >= 4 is 0 Å². The zero-order valence-corrected chi connectivity index (χ0v) is 9.15. The number of halogens is 1. The summed E-state index contributed by atoms with van der Waals surface area (Å²) in [5.41, 5.74) is 7.84. The molecule has 0 radical (unpaired) electrons. The molecule has 0 aliphatic rings. The average molecular weight is 219 g/mol. The lowest BCUT2D eigenvalue weighted by Crippen LogP contribution is -2.08. The minimum Gasteiger partial charge on any atom is -0.330 e. The summed E-state index contributed by atoms with van der Waals surface area (Å²) in [5.74, 6) is -0.240. The van der Waals surface area contributed by atoms with E-state index in [1.807, 2.05) is 13.0 Å². The molecule has 2 rings (SSSR count). The number of hydrogen-bond acceptors (Lipinski definition) is 2. The number of hydrogen-bond donors (Lipinski definition) is 1. The fraction of sp³-hybridized carbons (Fsp3) is 0.250. The lowest BCUT2D eigenvalue weighted by Gasteiger charge is -2.08.